The van der Waals surface area contributed by atoms with Gasteiger partial charge in [0, 0.05) is 24.7 Å². The van der Waals surface area contributed by atoms with Gasteiger partial charge in [-0.3, -0.25) is 9.89 Å². The van der Waals surface area contributed by atoms with Gasteiger partial charge < -0.3 is 9.73 Å². The Kier molecular flexibility index (Phi) is 6.05. The Balaban J connectivity index is 1.37. The number of hydrogen-bond donors (Lipinski definition) is 1. The van der Waals surface area contributed by atoms with Crippen LogP contribution >= 0.6 is 15.9 Å². The molecule has 0 saturated carbocycles. The average Bonchev–Trinajstić information content (AvgIpc) is 3.47. The zero-order valence-electron chi connectivity index (χ0n) is 17.7. The van der Waals surface area contributed by atoms with E-state index in [2.05, 4.69) is 43.0 Å². The maximum absolute atomic E-state index is 5.53. The number of halogens is 1. The van der Waals surface area contributed by atoms with Gasteiger partial charge in [-0.1, -0.05) is 18.2 Å². The number of fused-ring (bicyclic) bond motifs is 1. The van der Waals surface area contributed by atoms with Crippen LogP contribution in [-0.2, 0) is 6.54 Å². The number of rotatable bonds is 7. The van der Waals surface area contributed by atoms with E-state index in [-0.39, 0.29) is 0 Å². The molecule has 32 heavy (non-hydrogen) atoms. The van der Waals surface area contributed by atoms with Crippen LogP contribution in [0.3, 0.4) is 0 Å². The molecule has 7 nitrogen and oxygen atoms in total. The lowest BCUT2D eigenvalue weighted by molar-refractivity contribution is 0.162. The molecule has 0 aliphatic carbocycles. The van der Waals surface area contributed by atoms with Crippen molar-refractivity contribution in [3.63, 3.8) is 0 Å². The van der Waals surface area contributed by atoms with Crippen molar-refractivity contribution in [1.29, 1.82) is 0 Å². The maximum atomic E-state index is 5.53. The lowest BCUT2D eigenvalue weighted by atomic mass is 9.98. The Morgan fingerprint density at radius 2 is 2.16 bits per heavy atom. The number of piperidine rings is 1. The molecule has 1 aromatic carbocycles. The van der Waals surface area contributed by atoms with E-state index in [1.54, 1.807) is 12.5 Å². The van der Waals surface area contributed by atoms with E-state index in [0.717, 1.165) is 64.8 Å². The number of benzene rings is 1. The van der Waals surface area contributed by atoms with Crippen LogP contribution < -0.4 is 5.32 Å². The monoisotopic (exact) mass is 492 g/mol. The van der Waals surface area contributed by atoms with E-state index >= 15 is 0 Å². The maximum Gasteiger partial charge on any atom is 0.172 e. The lowest BCUT2D eigenvalue weighted by Crippen LogP contribution is -2.37. The van der Waals surface area contributed by atoms with Crippen molar-refractivity contribution in [3.05, 3.63) is 65.2 Å². The van der Waals surface area contributed by atoms with E-state index in [4.69, 9.17) is 9.40 Å². The summed E-state index contributed by atoms with van der Waals surface area (Å²) in [4.78, 5) is 11.5. The minimum Gasteiger partial charge on any atom is -0.468 e. The smallest absolute Gasteiger partial charge is 0.172 e. The molecule has 5 rings (SSSR count). The summed E-state index contributed by atoms with van der Waals surface area (Å²) >= 11 is 3.58. The molecule has 1 aliphatic heterocycles. The molecular weight excluding hydrogens is 468 g/mol. The standard InChI is InChI=1S/C24H25BrN6O/c1-26-21-9-3-2-8-19(21)22-12-23(31-24(29-22)20(25)14-28-31)27-13-17-6-4-10-30(15-17)16-18-7-5-11-32-18/h2-3,5,7-9,11-12,14,17,27H,1,4,6,10,13,15-16H2. The first-order chi connectivity index (χ1) is 15.7. The van der Waals surface area contributed by atoms with Gasteiger partial charge in [-0.2, -0.15) is 9.61 Å². The third-order valence-corrected chi connectivity index (χ3v) is 6.47. The number of para-hydroxylation sites is 1. The fourth-order valence-corrected chi connectivity index (χ4v) is 4.71. The van der Waals surface area contributed by atoms with Crippen LogP contribution in [0.2, 0.25) is 0 Å². The van der Waals surface area contributed by atoms with Gasteiger partial charge >= 0.3 is 0 Å². The molecule has 0 amide bonds. The topological polar surface area (TPSA) is 71.0 Å². The van der Waals surface area contributed by atoms with Crippen molar-refractivity contribution in [2.24, 2.45) is 10.9 Å². The van der Waals surface area contributed by atoms with Crippen LogP contribution in [0.4, 0.5) is 11.5 Å². The van der Waals surface area contributed by atoms with Crippen LogP contribution in [0, 0.1) is 5.92 Å². The molecule has 1 aliphatic rings. The highest BCUT2D eigenvalue weighted by Gasteiger charge is 2.21. The van der Waals surface area contributed by atoms with Crippen molar-refractivity contribution < 1.29 is 4.42 Å². The summed E-state index contributed by atoms with van der Waals surface area (Å²) in [6, 6.07) is 13.9. The molecular formula is C24H25BrN6O. The Morgan fingerprint density at radius 1 is 1.25 bits per heavy atom. The summed E-state index contributed by atoms with van der Waals surface area (Å²) in [6.45, 7) is 7.59. The average molecular weight is 493 g/mol. The predicted molar refractivity (Wildman–Crippen MR) is 131 cm³/mol. The first-order valence-corrected chi connectivity index (χ1v) is 11.6. The van der Waals surface area contributed by atoms with Gasteiger partial charge in [0.2, 0.25) is 0 Å². The van der Waals surface area contributed by atoms with E-state index < -0.39 is 0 Å². The quantitative estimate of drug-likeness (QED) is 0.349. The summed E-state index contributed by atoms with van der Waals surface area (Å²) in [6.07, 6.45) is 5.91. The van der Waals surface area contributed by atoms with Gasteiger partial charge in [0.25, 0.3) is 0 Å². The van der Waals surface area contributed by atoms with Crippen molar-refractivity contribution in [2.75, 3.05) is 25.0 Å². The summed E-state index contributed by atoms with van der Waals surface area (Å²) in [5.41, 5.74) is 3.37. The highest BCUT2D eigenvalue weighted by Crippen LogP contribution is 2.32. The van der Waals surface area contributed by atoms with Crippen LogP contribution in [0.25, 0.3) is 16.9 Å². The zero-order valence-corrected chi connectivity index (χ0v) is 19.3. The molecule has 0 spiro atoms. The Hall–Kier alpha value is -2.97. The largest absolute Gasteiger partial charge is 0.468 e. The Morgan fingerprint density at radius 3 is 3.00 bits per heavy atom. The van der Waals surface area contributed by atoms with Crippen molar-refractivity contribution in [3.8, 4) is 11.3 Å². The SMILES string of the molecule is C=Nc1ccccc1-c1cc(NCC2CCCN(Cc3ccco3)C2)n2ncc(Br)c2n1. The molecule has 1 unspecified atom stereocenters. The van der Waals surface area contributed by atoms with E-state index in [1.165, 1.54) is 12.8 Å². The second kappa shape index (κ2) is 9.26. The fraction of sp³-hybridized carbons (Fsp3) is 0.292. The van der Waals surface area contributed by atoms with Crippen molar-refractivity contribution >= 4 is 39.8 Å². The zero-order chi connectivity index (χ0) is 21.9. The number of nitrogens with one attached hydrogen (secondary N) is 1. The molecule has 1 atom stereocenters. The van der Waals surface area contributed by atoms with Crippen LogP contribution in [0.5, 0.6) is 0 Å². The fourth-order valence-electron chi connectivity index (χ4n) is 4.36. The van der Waals surface area contributed by atoms with Crippen molar-refractivity contribution in [1.82, 2.24) is 19.5 Å². The number of anilines is 1. The summed E-state index contributed by atoms with van der Waals surface area (Å²) in [5.74, 6) is 2.49. The molecule has 164 valence electrons. The molecule has 8 heteroatoms. The van der Waals surface area contributed by atoms with Gasteiger partial charge in [0.15, 0.2) is 5.65 Å². The minimum atomic E-state index is 0.548. The van der Waals surface area contributed by atoms with Gasteiger partial charge in [0.1, 0.15) is 11.6 Å². The number of likely N-dealkylation sites (tertiary alicyclic amines) is 1. The molecule has 1 N–H and O–H groups in total. The Labute approximate surface area is 195 Å². The number of aromatic nitrogens is 3. The molecule has 4 heterocycles. The summed E-state index contributed by atoms with van der Waals surface area (Å²) < 4.78 is 8.24. The van der Waals surface area contributed by atoms with Gasteiger partial charge in [-0.15, -0.1) is 0 Å². The second-order valence-electron chi connectivity index (χ2n) is 8.13. The number of hydrogen-bond acceptors (Lipinski definition) is 6. The lowest BCUT2D eigenvalue weighted by Gasteiger charge is -2.32. The normalized spacial score (nSPS) is 17.0. The predicted octanol–water partition coefficient (Wildman–Crippen LogP) is 5.41. The van der Waals surface area contributed by atoms with Gasteiger partial charge in [0.05, 0.1) is 34.9 Å². The van der Waals surface area contributed by atoms with Crippen LogP contribution in [-0.4, -0.2) is 45.8 Å². The molecule has 0 bridgehead atoms. The summed E-state index contributed by atoms with van der Waals surface area (Å²) in [5, 5.41) is 8.15. The Bertz CT molecular complexity index is 1220. The number of aliphatic imine (C=N–C) groups is 1. The first kappa shape index (κ1) is 20.9. The third kappa shape index (κ3) is 4.33. The highest BCUT2D eigenvalue weighted by molar-refractivity contribution is 9.10. The van der Waals surface area contributed by atoms with Gasteiger partial charge in [-0.25, -0.2) is 4.98 Å². The molecule has 1 fully saturated rings. The van der Waals surface area contributed by atoms with E-state index in [9.17, 15) is 0 Å². The minimum absolute atomic E-state index is 0.548. The highest BCUT2D eigenvalue weighted by atomic mass is 79.9. The number of furan rings is 1. The molecule has 0 radical (unpaired) electrons. The molecule has 1 saturated heterocycles. The van der Waals surface area contributed by atoms with Gasteiger partial charge in [-0.05, 0) is 66.2 Å². The number of nitrogens with zero attached hydrogens (tertiary/aromatic N) is 5. The summed E-state index contributed by atoms with van der Waals surface area (Å²) in [7, 11) is 0. The third-order valence-electron chi connectivity index (χ3n) is 5.91. The van der Waals surface area contributed by atoms with E-state index in [1.807, 2.05) is 47.0 Å². The first-order valence-electron chi connectivity index (χ1n) is 10.8. The van der Waals surface area contributed by atoms with E-state index in [0.29, 0.717) is 5.92 Å². The molecule has 4 aromatic rings. The van der Waals surface area contributed by atoms with Crippen LogP contribution in [0.1, 0.15) is 18.6 Å². The second-order valence-corrected chi connectivity index (χ2v) is 8.99. The van der Waals surface area contributed by atoms with Crippen LogP contribution in [0.15, 0.2) is 68.8 Å². The molecule has 3 aromatic heterocycles. The van der Waals surface area contributed by atoms with Crippen molar-refractivity contribution in [2.45, 2.75) is 19.4 Å².